The van der Waals surface area contributed by atoms with Crippen molar-refractivity contribution in [3.8, 4) is 0 Å². The molecule has 0 bridgehead atoms. The number of urea groups is 1. The second-order valence-corrected chi connectivity index (χ2v) is 7.37. The number of benzene rings is 1. The van der Waals surface area contributed by atoms with Crippen molar-refractivity contribution in [2.75, 3.05) is 19.6 Å². The second kappa shape index (κ2) is 7.40. The van der Waals surface area contributed by atoms with Crippen LogP contribution in [-0.4, -0.2) is 46.2 Å². The number of hydrogen-bond donors (Lipinski definition) is 2. The van der Waals surface area contributed by atoms with Crippen LogP contribution in [0.15, 0.2) is 24.4 Å². The van der Waals surface area contributed by atoms with Crippen molar-refractivity contribution in [3.05, 3.63) is 35.5 Å². The van der Waals surface area contributed by atoms with Crippen LogP contribution in [0.4, 0.5) is 4.79 Å². The van der Waals surface area contributed by atoms with Gasteiger partial charge in [0.25, 0.3) is 0 Å². The zero-order valence-corrected chi connectivity index (χ0v) is 15.7. The predicted molar refractivity (Wildman–Crippen MR) is 101 cm³/mol. The summed E-state index contributed by atoms with van der Waals surface area (Å²) in [6, 6.07) is 6.10. The Balaban J connectivity index is 1.59. The molecule has 0 aliphatic carbocycles. The van der Waals surface area contributed by atoms with Crippen LogP contribution in [-0.2, 0) is 18.3 Å². The van der Waals surface area contributed by atoms with E-state index in [1.54, 1.807) is 4.90 Å². The maximum Gasteiger partial charge on any atom is 0.317 e. The Morgan fingerprint density at radius 2 is 2.12 bits per heavy atom. The summed E-state index contributed by atoms with van der Waals surface area (Å²) in [5.74, 6) is -1.19. The van der Waals surface area contributed by atoms with E-state index in [2.05, 4.69) is 41.2 Å². The second-order valence-electron chi connectivity index (χ2n) is 7.37. The fourth-order valence-electron chi connectivity index (χ4n) is 3.94. The number of carboxylic acids is 1. The molecule has 2 unspecified atom stereocenters. The van der Waals surface area contributed by atoms with Gasteiger partial charge in [0.2, 0.25) is 0 Å². The van der Waals surface area contributed by atoms with E-state index in [1.165, 1.54) is 22.0 Å². The minimum Gasteiger partial charge on any atom is -0.481 e. The largest absolute Gasteiger partial charge is 0.481 e. The zero-order valence-electron chi connectivity index (χ0n) is 15.7. The van der Waals surface area contributed by atoms with E-state index in [0.29, 0.717) is 13.1 Å². The van der Waals surface area contributed by atoms with Crippen molar-refractivity contribution >= 4 is 22.9 Å². The monoisotopic (exact) mass is 357 g/mol. The number of nitrogens with one attached hydrogen (secondary N) is 1. The van der Waals surface area contributed by atoms with E-state index in [1.807, 2.05) is 14.0 Å². The van der Waals surface area contributed by atoms with Crippen LogP contribution in [0.3, 0.4) is 0 Å². The molecule has 26 heavy (non-hydrogen) atoms. The number of likely N-dealkylation sites (tertiary alicyclic amines) is 1. The average Bonchev–Trinajstić information content (AvgIpc) is 2.92. The first-order valence-corrected chi connectivity index (χ1v) is 9.17. The Morgan fingerprint density at radius 1 is 1.35 bits per heavy atom. The van der Waals surface area contributed by atoms with Gasteiger partial charge in [-0.25, -0.2) is 4.79 Å². The van der Waals surface area contributed by atoms with Crippen LogP contribution < -0.4 is 5.32 Å². The van der Waals surface area contributed by atoms with E-state index < -0.39 is 11.9 Å². The highest BCUT2D eigenvalue weighted by Crippen LogP contribution is 2.25. The number of carbonyl (C=O) groups is 2. The number of carboxylic acid groups (broad SMARTS) is 1. The van der Waals surface area contributed by atoms with Gasteiger partial charge in [-0.2, -0.15) is 0 Å². The molecule has 1 fully saturated rings. The third kappa shape index (κ3) is 3.54. The minimum absolute atomic E-state index is 0.107. The van der Waals surface area contributed by atoms with Crippen LogP contribution in [0.2, 0.25) is 0 Å². The van der Waals surface area contributed by atoms with Gasteiger partial charge >= 0.3 is 12.0 Å². The normalized spacial score (nSPS) is 20.3. The molecule has 1 aliphatic rings. The summed E-state index contributed by atoms with van der Waals surface area (Å²) in [6.07, 6.45) is 3.60. The molecule has 1 aliphatic heterocycles. The Hall–Kier alpha value is -2.50. The van der Waals surface area contributed by atoms with Gasteiger partial charge in [0.15, 0.2) is 0 Å². The average molecular weight is 357 g/mol. The van der Waals surface area contributed by atoms with Crippen LogP contribution in [0.5, 0.6) is 0 Å². The molecule has 6 heteroatoms. The lowest BCUT2D eigenvalue weighted by atomic mass is 9.87. The molecule has 3 rings (SSSR count). The third-order valence-corrected chi connectivity index (χ3v) is 5.52. The zero-order chi connectivity index (χ0) is 18.8. The number of hydrogen-bond acceptors (Lipinski definition) is 2. The van der Waals surface area contributed by atoms with Gasteiger partial charge in [-0.1, -0.05) is 25.1 Å². The minimum atomic E-state index is -0.818. The summed E-state index contributed by atoms with van der Waals surface area (Å²) in [5.41, 5.74) is 3.67. The number of rotatable bonds is 4. The number of aliphatic carboxylic acids is 1. The highest BCUT2D eigenvalue weighted by atomic mass is 16.4. The van der Waals surface area contributed by atoms with E-state index in [4.69, 9.17) is 0 Å². The molecule has 2 atom stereocenters. The lowest BCUT2D eigenvalue weighted by Crippen LogP contribution is -2.49. The molecule has 1 aromatic carbocycles. The number of amides is 2. The summed E-state index contributed by atoms with van der Waals surface area (Å²) in [6.45, 7) is 5.48. The maximum absolute atomic E-state index is 12.4. The van der Waals surface area contributed by atoms with Crippen LogP contribution >= 0.6 is 0 Å². The standard InChI is InChI=1S/C20H27N3O3/c1-13-8-10-23(12-17(13)19(24)25)20(26)21-9-7-15-11-22(3)18-14(2)5-4-6-16(15)18/h4-6,11,13,17H,7-10,12H2,1-3H3,(H,21,26)(H,24,25). The first-order valence-electron chi connectivity index (χ1n) is 9.17. The molecule has 6 nitrogen and oxygen atoms in total. The quantitative estimate of drug-likeness (QED) is 0.884. The summed E-state index contributed by atoms with van der Waals surface area (Å²) >= 11 is 0. The predicted octanol–water partition coefficient (Wildman–Crippen LogP) is 2.78. The molecule has 2 amide bonds. The Bertz CT molecular complexity index is 827. The number of aromatic nitrogens is 1. The van der Waals surface area contributed by atoms with Crippen molar-refractivity contribution in [2.24, 2.45) is 18.9 Å². The van der Waals surface area contributed by atoms with E-state index in [0.717, 1.165) is 12.8 Å². The molecule has 1 saturated heterocycles. The fourth-order valence-corrected chi connectivity index (χ4v) is 3.94. The summed E-state index contributed by atoms with van der Waals surface area (Å²) in [5, 5.41) is 13.5. The Morgan fingerprint density at radius 3 is 2.85 bits per heavy atom. The fraction of sp³-hybridized carbons (Fsp3) is 0.500. The number of aryl methyl sites for hydroxylation is 2. The molecule has 1 aromatic heterocycles. The van der Waals surface area contributed by atoms with Crippen molar-refractivity contribution in [2.45, 2.75) is 26.7 Å². The van der Waals surface area contributed by atoms with Gasteiger partial charge in [-0.15, -0.1) is 0 Å². The molecule has 0 spiro atoms. The van der Waals surface area contributed by atoms with Crippen LogP contribution in [0.25, 0.3) is 10.9 Å². The summed E-state index contributed by atoms with van der Waals surface area (Å²) in [4.78, 5) is 25.4. The summed E-state index contributed by atoms with van der Waals surface area (Å²) < 4.78 is 2.13. The molecule has 2 aromatic rings. The smallest absolute Gasteiger partial charge is 0.317 e. The van der Waals surface area contributed by atoms with E-state index >= 15 is 0 Å². The molecule has 0 saturated carbocycles. The van der Waals surface area contributed by atoms with E-state index in [-0.39, 0.29) is 18.5 Å². The Labute approximate surface area is 153 Å². The molecule has 2 heterocycles. The molecule has 0 radical (unpaired) electrons. The van der Waals surface area contributed by atoms with Crippen molar-refractivity contribution in [1.82, 2.24) is 14.8 Å². The van der Waals surface area contributed by atoms with Gasteiger partial charge in [0.1, 0.15) is 0 Å². The number of carbonyl (C=O) groups excluding carboxylic acids is 1. The molecular weight excluding hydrogens is 330 g/mol. The maximum atomic E-state index is 12.4. The van der Waals surface area contributed by atoms with Crippen molar-refractivity contribution < 1.29 is 14.7 Å². The van der Waals surface area contributed by atoms with Crippen LogP contribution in [0, 0.1) is 18.8 Å². The lowest BCUT2D eigenvalue weighted by molar-refractivity contribution is -0.145. The molecule has 140 valence electrons. The highest BCUT2D eigenvalue weighted by molar-refractivity contribution is 5.86. The van der Waals surface area contributed by atoms with Gasteiger partial charge in [0, 0.05) is 38.3 Å². The van der Waals surface area contributed by atoms with Gasteiger partial charge < -0.3 is 19.9 Å². The number of fused-ring (bicyclic) bond motifs is 1. The van der Waals surface area contributed by atoms with Crippen molar-refractivity contribution in [1.29, 1.82) is 0 Å². The number of para-hydroxylation sites is 1. The Kier molecular flexibility index (Phi) is 5.20. The highest BCUT2D eigenvalue weighted by Gasteiger charge is 2.33. The summed E-state index contributed by atoms with van der Waals surface area (Å²) in [7, 11) is 2.04. The van der Waals surface area contributed by atoms with E-state index in [9.17, 15) is 14.7 Å². The van der Waals surface area contributed by atoms with Gasteiger partial charge in [-0.05, 0) is 36.8 Å². The van der Waals surface area contributed by atoms with Crippen LogP contribution in [0.1, 0.15) is 24.5 Å². The third-order valence-electron chi connectivity index (χ3n) is 5.52. The number of nitrogens with zero attached hydrogens (tertiary/aromatic N) is 2. The van der Waals surface area contributed by atoms with Gasteiger partial charge in [0.05, 0.1) is 11.4 Å². The topological polar surface area (TPSA) is 74.6 Å². The number of piperidine rings is 1. The van der Waals surface area contributed by atoms with Gasteiger partial charge in [-0.3, -0.25) is 4.79 Å². The first-order chi connectivity index (χ1) is 12.4. The molecular formula is C20H27N3O3. The molecule has 2 N–H and O–H groups in total. The lowest BCUT2D eigenvalue weighted by Gasteiger charge is -2.34. The van der Waals surface area contributed by atoms with Crippen molar-refractivity contribution in [3.63, 3.8) is 0 Å². The first kappa shape index (κ1) is 18.3. The SMILES string of the molecule is Cc1cccc2c(CCNC(=O)N3CCC(C)C(C(=O)O)C3)cn(C)c12.